The summed E-state index contributed by atoms with van der Waals surface area (Å²) in [5.41, 5.74) is 5.57. The number of fused-ring (bicyclic) bond motifs is 1. The van der Waals surface area contributed by atoms with Gasteiger partial charge in [0.1, 0.15) is 48.5 Å². The van der Waals surface area contributed by atoms with Gasteiger partial charge in [0.2, 0.25) is 0 Å². The van der Waals surface area contributed by atoms with Gasteiger partial charge in [0.05, 0.1) is 5.69 Å². The maximum atomic E-state index is 11.9. The number of hydrogen-bond acceptors (Lipinski definition) is 9. The van der Waals surface area contributed by atoms with Gasteiger partial charge < -0.3 is 30.2 Å². The van der Waals surface area contributed by atoms with Gasteiger partial charge in [0, 0.05) is 0 Å². The number of hydrogen-bond donors (Lipinski definition) is 3. The standard InChI is InChI=1S/C18H26N4O6/c1-4-10(5-2)27-17(25)26-8-18(3)15(24)13(23)14(28-18)11-6-7-12-16(19)20-9-21-22(11)12/h6-7,9-10,13-15,23-24H,4-5,8H2,1-3H3,(H2,19,20,21)/t13-,14-,15-,18+/m0/s1. The van der Waals surface area contributed by atoms with Crippen molar-refractivity contribution < 1.29 is 29.2 Å². The number of anilines is 1. The van der Waals surface area contributed by atoms with Crippen molar-refractivity contribution in [2.75, 3.05) is 12.3 Å². The fourth-order valence-electron chi connectivity index (χ4n) is 3.33. The summed E-state index contributed by atoms with van der Waals surface area (Å²) in [4.78, 5) is 15.8. The molecule has 0 aromatic carbocycles. The molecule has 0 bridgehead atoms. The smallest absolute Gasteiger partial charge is 0.431 e. The van der Waals surface area contributed by atoms with Crippen LogP contribution in [0.4, 0.5) is 10.6 Å². The highest BCUT2D eigenvalue weighted by Gasteiger charge is 2.53. The van der Waals surface area contributed by atoms with E-state index in [4.69, 9.17) is 19.9 Å². The first-order chi connectivity index (χ1) is 13.3. The normalized spacial score (nSPS) is 27.4. The highest BCUT2D eigenvalue weighted by molar-refractivity contribution is 5.65. The van der Waals surface area contributed by atoms with Crippen LogP contribution in [-0.2, 0) is 14.2 Å². The number of rotatable bonds is 6. The molecule has 1 aliphatic heterocycles. The van der Waals surface area contributed by atoms with Crippen LogP contribution in [0.15, 0.2) is 18.5 Å². The van der Waals surface area contributed by atoms with E-state index in [1.807, 2.05) is 13.8 Å². The molecule has 0 amide bonds. The van der Waals surface area contributed by atoms with Crippen LogP contribution in [-0.4, -0.2) is 61.5 Å². The van der Waals surface area contributed by atoms with E-state index in [1.54, 1.807) is 19.1 Å². The molecule has 1 aliphatic rings. The molecule has 0 saturated carbocycles. The molecular formula is C18H26N4O6. The largest absolute Gasteiger partial charge is 0.508 e. The van der Waals surface area contributed by atoms with Crippen LogP contribution in [0.3, 0.4) is 0 Å². The van der Waals surface area contributed by atoms with Crippen LogP contribution >= 0.6 is 0 Å². The van der Waals surface area contributed by atoms with E-state index >= 15 is 0 Å². The third-order valence-electron chi connectivity index (χ3n) is 5.11. The molecule has 10 nitrogen and oxygen atoms in total. The number of aliphatic hydroxyl groups excluding tert-OH is 2. The monoisotopic (exact) mass is 394 g/mol. The van der Waals surface area contributed by atoms with Crippen molar-refractivity contribution in [1.82, 2.24) is 14.6 Å². The molecule has 0 unspecified atom stereocenters. The minimum Gasteiger partial charge on any atom is -0.431 e. The average molecular weight is 394 g/mol. The van der Waals surface area contributed by atoms with Crippen molar-refractivity contribution in [3.05, 3.63) is 24.2 Å². The molecule has 10 heteroatoms. The Morgan fingerprint density at radius 1 is 1.39 bits per heavy atom. The van der Waals surface area contributed by atoms with Crippen LogP contribution in [0.5, 0.6) is 0 Å². The van der Waals surface area contributed by atoms with Gasteiger partial charge in [-0.25, -0.2) is 14.3 Å². The van der Waals surface area contributed by atoms with Crippen LogP contribution in [0.1, 0.15) is 45.4 Å². The molecule has 28 heavy (non-hydrogen) atoms. The first-order valence-electron chi connectivity index (χ1n) is 9.26. The lowest BCUT2D eigenvalue weighted by Crippen LogP contribution is -2.45. The van der Waals surface area contributed by atoms with Gasteiger partial charge in [-0.15, -0.1) is 0 Å². The Kier molecular flexibility index (Phi) is 5.73. The highest BCUT2D eigenvalue weighted by Crippen LogP contribution is 2.40. The van der Waals surface area contributed by atoms with Gasteiger partial charge in [-0.1, -0.05) is 13.8 Å². The molecule has 0 radical (unpaired) electrons. The maximum absolute atomic E-state index is 11.9. The van der Waals surface area contributed by atoms with Gasteiger partial charge >= 0.3 is 6.16 Å². The Hall–Kier alpha value is -2.43. The molecule has 4 N–H and O–H groups in total. The third-order valence-corrected chi connectivity index (χ3v) is 5.11. The summed E-state index contributed by atoms with van der Waals surface area (Å²) in [5, 5.41) is 25.2. The van der Waals surface area contributed by atoms with Crippen molar-refractivity contribution in [2.24, 2.45) is 0 Å². The summed E-state index contributed by atoms with van der Waals surface area (Å²) in [6, 6.07) is 3.39. The predicted molar refractivity (Wildman–Crippen MR) is 98.4 cm³/mol. The van der Waals surface area contributed by atoms with Crippen molar-refractivity contribution in [2.45, 2.75) is 63.6 Å². The number of nitrogens with two attached hydrogens (primary N) is 1. The molecular weight excluding hydrogens is 368 g/mol. The first-order valence-corrected chi connectivity index (χ1v) is 9.26. The minimum absolute atomic E-state index is 0.231. The lowest BCUT2D eigenvalue weighted by molar-refractivity contribution is -0.111. The van der Waals surface area contributed by atoms with E-state index in [1.165, 1.54) is 10.8 Å². The topological polar surface area (TPSA) is 141 Å². The zero-order valence-corrected chi connectivity index (χ0v) is 16.1. The molecule has 3 heterocycles. The summed E-state index contributed by atoms with van der Waals surface area (Å²) >= 11 is 0. The van der Waals surface area contributed by atoms with Gasteiger partial charge in [0.25, 0.3) is 0 Å². The van der Waals surface area contributed by atoms with Gasteiger partial charge in [-0.05, 0) is 31.9 Å². The number of carbonyl (C=O) groups excluding carboxylic acids is 1. The molecule has 0 spiro atoms. The molecule has 3 rings (SSSR count). The molecule has 1 fully saturated rings. The van der Waals surface area contributed by atoms with Crippen LogP contribution in [0.2, 0.25) is 0 Å². The number of aliphatic hydroxyl groups is 2. The van der Waals surface area contributed by atoms with E-state index in [-0.39, 0.29) is 18.5 Å². The molecule has 2 aromatic heterocycles. The second-order valence-electron chi connectivity index (χ2n) is 7.08. The maximum Gasteiger partial charge on any atom is 0.508 e. The number of aromatic nitrogens is 3. The van der Waals surface area contributed by atoms with E-state index in [0.717, 1.165) is 0 Å². The molecule has 0 aliphatic carbocycles. The lowest BCUT2D eigenvalue weighted by atomic mass is 9.97. The Labute approximate surface area is 162 Å². The first kappa shape index (κ1) is 20.3. The Balaban J connectivity index is 1.74. The Morgan fingerprint density at radius 2 is 2.11 bits per heavy atom. The van der Waals surface area contributed by atoms with Crippen molar-refractivity contribution >= 4 is 17.5 Å². The quantitative estimate of drug-likeness (QED) is 0.616. The lowest BCUT2D eigenvalue weighted by Gasteiger charge is -2.27. The van der Waals surface area contributed by atoms with E-state index in [2.05, 4.69) is 10.1 Å². The molecule has 4 atom stereocenters. The Bertz CT molecular complexity index is 839. The van der Waals surface area contributed by atoms with Gasteiger partial charge in [-0.3, -0.25) is 0 Å². The van der Waals surface area contributed by atoms with Crippen molar-refractivity contribution in [3.63, 3.8) is 0 Å². The van der Waals surface area contributed by atoms with Crippen LogP contribution < -0.4 is 5.73 Å². The molecule has 2 aromatic rings. The van der Waals surface area contributed by atoms with Crippen LogP contribution in [0.25, 0.3) is 5.52 Å². The third kappa shape index (κ3) is 3.62. The van der Waals surface area contributed by atoms with E-state index < -0.39 is 30.1 Å². The fraction of sp³-hybridized carbons (Fsp3) is 0.611. The minimum atomic E-state index is -1.32. The summed E-state index contributed by atoms with van der Waals surface area (Å²) < 4.78 is 17.8. The Morgan fingerprint density at radius 3 is 2.79 bits per heavy atom. The highest BCUT2D eigenvalue weighted by atomic mass is 16.7. The van der Waals surface area contributed by atoms with Crippen LogP contribution in [0, 0.1) is 0 Å². The van der Waals surface area contributed by atoms with E-state index in [9.17, 15) is 15.0 Å². The van der Waals surface area contributed by atoms with Gasteiger partial charge in [0.15, 0.2) is 5.82 Å². The van der Waals surface area contributed by atoms with E-state index in [0.29, 0.717) is 24.1 Å². The van der Waals surface area contributed by atoms with Gasteiger partial charge in [-0.2, -0.15) is 5.10 Å². The summed E-state index contributed by atoms with van der Waals surface area (Å²) in [6.45, 7) is 5.10. The molecule has 1 saturated heterocycles. The average Bonchev–Trinajstić information content (AvgIpc) is 3.21. The second-order valence-corrected chi connectivity index (χ2v) is 7.08. The summed E-state index contributed by atoms with van der Waals surface area (Å²) in [6.07, 6.45) is -1.86. The fourth-order valence-corrected chi connectivity index (χ4v) is 3.33. The van der Waals surface area contributed by atoms with Crippen molar-refractivity contribution in [3.8, 4) is 0 Å². The second kappa shape index (κ2) is 7.90. The summed E-state index contributed by atoms with van der Waals surface area (Å²) in [5.74, 6) is 0.282. The molecule has 154 valence electrons. The number of ether oxygens (including phenoxy) is 3. The number of nitrogens with zero attached hydrogens (tertiary/aromatic N) is 3. The number of carbonyl (C=O) groups is 1. The predicted octanol–water partition coefficient (Wildman–Crippen LogP) is 1.21. The zero-order valence-electron chi connectivity index (χ0n) is 16.1. The van der Waals surface area contributed by atoms with Crippen molar-refractivity contribution in [1.29, 1.82) is 0 Å². The zero-order chi connectivity index (χ0) is 20.5. The number of nitrogen functional groups attached to an aromatic ring is 1. The SMILES string of the molecule is CCC(CC)OC(=O)OC[C@@]1(C)O[C@@H](c2ccc3c(N)ncnn23)[C@H](O)[C@@H]1O. The summed E-state index contributed by atoms with van der Waals surface area (Å²) in [7, 11) is 0.